The molecule has 2 N–H and O–H groups in total. The van der Waals surface area contributed by atoms with E-state index in [0.29, 0.717) is 6.54 Å². The molecular formula is C19H20F3N. The van der Waals surface area contributed by atoms with E-state index in [0.717, 1.165) is 36.1 Å². The Balaban J connectivity index is 1.90. The number of hydrogen-bond donors (Lipinski definition) is 1. The highest BCUT2D eigenvalue weighted by Crippen LogP contribution is 2.32. The first-order valence-electron chi connectivity index (χ1n) is 7.98. The number of benzene rings is 2. The summed E-state index contributed by atoms with van der Waals surface area (Å²) >= 11 is 0. The van der Waals surface area contributed by atoms with Crippen molar-refractivity contribution in [2.75, 3.05) is 6.54 Å². The molecule has 23 heavy (non-hydrogen) atoms. The first-order valence-corrected chi connectivity index (χ1v) is 7.98. The number of rotatable bonds is 3. The average molecular weight is 319 g/mol. The van der Waals surface area contributed by atoms with Gasteiger partial charge in [0.15, 0.2) is 0 Å². The molecule has 2 aromatic carbocycles. The zero-order valence-electron chi connectivity index (χ0n) is 12.9. The van der Waals surface area contributed by atoms with Crippen LogP contribution in [0.4, 0.5) is 13.2 Å². The van der Waals surface area contributed by atoms with E-state index in [4.69, 9.17) is 5.73 Å². The van der Waals surface area contributed by atoms with Gasteiger partial charge in [-0.25, -0.2) is 0 Å². The molecule has 1 unspecified atom stereocenters. The number of halogens is 3. The zero-order valence-corrected chi connectivity index (χ0v) is 12.9. The molecule has 0 radical (unpaired) electrons. The van der Waals surface area contributed by atoms with Crippen molar-refractivity contribution in [2.24, 2.45) is 5.73 Å². The van der Waals surface area contributed by atoms with Crippen LogP contribution in [0.5, 0.6) is 0 Å². The first kappa shape index (κ1) is 16.1. The summed E-state index contributed by atoms with van der Waals surface area (Å²) in [7, 11) is 0. The lowest BCUT2D eigenvalue weighted by molar-refractivity contribution is -0.137. The monoisotopic (exact) mass is 319 g/mol. The van der Waals surface area contributed by atoms with Gasteiger partial charge in [-0.2, -0.15) is 13.2 Å². The fraction of sp³-hybridized carbons (Fsp3) is 0.368. The summed E-state index contributed by atoms with van der Waals surface area (Å²) in [5.41, 5.74) is 9.96. The summed E-state index contributed by atoms with van der Waals surface area (Å²) in [6.07, 6.45) is 0.314. The van der Waals surface area contributed by atoms with Crippen molar-refractivity contribution >= 4 is 0 Å². The summed E-state index contributed by atoms with van der Waals surface area (Å²) in [6, 6.07) is 11.8. The topological polar surface area (TPSA) is 26.0 Å². The van der Waals surface area contributed by atoms with Crippen LogP contribution in [-0.2, 0) is 19.0 Å². The van der Waals surface area contributed by atoms with E-state index >= 15 is 0 Å². The van der Waals surface area contributed by atoms with E-state index in [1.54, 1.807) is 12.1 Å². The molecule has 1 aliphatic carbocycles. The molecule has 4 heteroatoms. The Hall–Kier alpha value is -1.81. The minimum Gasteiger partial charge on any atom is -0.330 e. The number of fused-ring (bicyclic) bond motifs is 1. The van der Waals surface area contributed by atoms with Crippen molar-refractivity contribution in [1.82, 2.24) is 0 Å². The average Bonchev–Trinajstić information content (AvgIpc) is 2.55. The second-order valence-electron chi connectivity index (χ2n) is 6.14. The lowest BCUT2D eigenvalue weighted by Gasteiger charge is -2.21. The van der Waals surface area contributed by atoms with Crippen LogP contribution in [0.2, 0.25) is 0 Å². The molecule has 122 valence electrons. The smallest absolute Gasteiger partial charge is 0.330 e. The fourth-order valence-corrected chi connectivity index (χ4v) is 3.34. The van der Waals surface area contributed by atoms with Gasteiger partial charge in [0.1, 0.15) is 0 Å². The number of alkyl halides is 3. The summed E-state index contributed by atoms with van der Waals surface area (Å²) in [6.45, 7) is 0.379. The van der Waals surface area contributed by atoms with Gasteiger partial charge in [-0.1, -0.05) is 30.3 Å². The third-order valence-corrected chi connectivity index (χ3v) is 4.65. The van der Waals surface area contributed by atoms with E-state index in [1.165, 1.54) is 24.0 Å². The van der Waals surface area contributed by atoms with Crippen LogP contribution >= 0.6 is 0 Å². The molecule has 0 amide bonds. The van der Waals surface area contributed by atoms with Crippen molar-refractivity contribution in [3.05, 3.63) is 70.3 Å². The van der Waals surface area contributed by atoms with Gasteiger partial charge >= 0.3 is 6.18 Å². The molecule has 1 atom stereocenters. The second kappa shape index (κ2) is 6.36. The van der Waals surface area contributed by atoms with Crippen LogP contribution in [-0.4, -0.2) is 6.54 Å². The zero-order chi connectivity index (χ0) is 16.4. The van der Waals surface area contributed by atoms with Gasteiger partial charge in [0, 0.05) is 12.5 Å². The third kappa shape index (κ3) is 3.42. The SMILES string of the molecule is NCC(c1ccc(C(F)(F)F)cc1)c1ccc2c(c1)CCCC2. The first-order chi connectivity index (χ1) is 11.0. The molecule has 0 fully saturated rings. The molecule has 1 aliphatic rings. The van der Waals surface area contributed by atoms with Gasteiger partial charge in [0.05, 0.1) is 5.56 Å². The Labute approximate surface area is 134 Å². The maximum absolute atomic E-state index is 12.7. The molecule has 0 bridgehead atoms. The van der Waals surface area contributed by atoms with Crippen molar-refractivity contribution < 1.29 is 13.2 Å². The molecule has 0 saturated carbocycles. The van der Waals surface area contributed by atoms with E-state index in [9.17, 15) is 13.2 Å². The molecule has 0 spiro atoms. The molecule has 0 aliphatic heterocycles. The fourth-order valence-electron chi connectivity index (χ4n) is 3.34. The lowest BCUT2D eigenvalue weighted by atomic mass is 9.85. The Morgan fingerprint density at radius 1 is 0.870 bits per heavy atom. The maximum Gasteiger partial charge on any atom is 0.416 e. The van der Waals surface area contributed by atoms with Crippen LogP contribution < -0.4 is 5.73 Å². The van der Waals surface area contributed by atoms with Gasteiger partial charge < -0.3 is 5.73 Å². The quantitative estimate of drug-likeness (QED) is 0.874. The second-order valence-corrected chi connectivity index (χ2v) is 6.14. The van der Waals surface area contributed by atoms with Gasteiger partial charge in [0.25, 0.3) is 0 Å². The summed E-state index contributed by atoms with van der Waals surface area (Å²) in [5.74, 6) is -0.0653. The predicted molar refractivity (Wildman–Crippen MR) is 85.4 cm³/mol. The van der Waals surface area contributed by atoms with Gasteiger partial charge in [-0.3, -0.25) is 0 Å². The maximum atomic E-state index is 12.7. The molecule has 3 rings (SSSR count). The largest absolute Gasteiger partial charge is 0.416 e. The normalized spacial score (nSPS) is 16.0. The Morgan fingerprint density at radius 2 is 1.48 bits per heavy atom. The van der Waals surface area contributed by atoms with Gasteiger partial charge in [-0.15, -0.1) is 0 Å². The molecule has 1 nitrogen and oxygen atoms in total. The summed E-state index contributed by atoms with van der Waals surface area (Å²) in [5, 5.41) is 0. The molecule has 0 heterocycles. The molecule has 2 aromatic rings. The Kier molecular flexibility index (Phi) is 4.44. The number of nitrogens with two attached hydrogens (primary N) is 1. The van der Waals surface area contributed by atoms with Crippen molar-refractivity contribution in [2.45, 2.75) is 37.8 Å². The van der Waals surface area contributed by atoms with Gasteiger partial charge in [-0.05, 0) is 60.1 Å². The molecule has 0 aromatic heterocycles. The standard InChI is InChI=1S/C19H20F3N/c20-19(21,22)17-9-7-14(8-10-17)18(12-23)16-6-5-13-3-1-2-4-15(13)11-16/h5-11,18H,1-4,12,23H2. The minimum atomic E-state index is -4.30. The lowest BCUT2D eigenvalue weighted by Crippen LogP contribution is -2.15. The predicted octanol–water partition coefficient (Wildman–Crippen LogP) is 4.67. The van der Waals surface area contributed by atoms with Crippen molar-refractivity contribution in [3.63, 3.8) is 0 Å². The minimum absolute atomic E-state index is 0.0653. The van der Waals surface area contributed by atoms with Crippen LogP contribution in [0.15, 0.2) is 42.5 Å². The highest BCUT2D eigenvalue weighted by atomic mass is 19.4. The van der Waals surface area contributed by atoms with Crippen LogP contribution in [0.25, 0.3) is 0 Å². The van der Waals surface area contributed by atoms with E-state index < -0.39 is 11.7 Å². The molecule has 0 saturated heterocycles. The van der Waals surface area contributed by atoms with Crippen molar-refractivity contribution in [1.29, 1.82) is 0 Å². The number of hydrogen-bond acceptors (Lipinski definition) is 1. The Bertz CT molecular complexity index is 674. The number of aryl methyl sites for hydroxylation is 2. The Morgan fingerprint density at radius 3 is 2.09 bits per heavy atom. The van der Waals surface area contributed by atoms with E-state index in [1.807, 2.05) is 0 Å². The highest BCUT2D eigenvalue weighted by Gasteiger charge is 2.30. The van der Waals surface area contributed by atoms with Crippen LogP contribution in [0.1, 0.15) is 46.6 Å². The summed E-state index contributed by atoms with van der Waals surface area (Å²) < 4.78 is 38.1. The van der Waals surface area contributed by atoms with E-state index in [2.05, 4.69) is 18.2 Å². The molecular weight excluding hydrogens is 299 g/mol. The summed E-state index contributed by atoms with van der Waals surface area (Å²) in [4.78, 5) is 0. The third-order valence-electron chi connectivity index (χ3n) is 4.65. The van der Waals surface area contributed by atoms with Crippen LogP contribution in [0, 0.1) is 0 Å². The van der Waals surface area contributed by atoms with E-state index in [-0.39, 0.29) is 5.92 Å². The van der Waals surface area contributed by atoms with Gasteiger partial charge in [0.2, 0.25) is 0 Å². The highest BCUT2D eigenvalue weighted by molar-refractivity contribution is 5.40. The van der Waals surface area contributed by atoms with Crippen LogP contribution in [0.3, 0.4) is 0 Å². The van der Waals surface area contributed by atoms with Crippen molar-refractivity contribution in [3.8, 4) is 0 Å².